The molecule has 0 amide bonds. The zero-order chi connectivity index (χ0) is 30.3. The molecule has 0 saturated heterocycles. The lowest BCUT2D eigenvalue weighted by Crippen LogP contribution is -2.14. The quantitative estimate of drug-likeness (QED) is 0.0744. The van der Waals surface area contributed by atoms with Gasteiger partial charge < -0.3 is 27.0 Å². The van der Waals surface area contributed by atoms with Crippen molar-refractivity contribution in [2.24, 2.45) is 10.2 Å². The third-order valence-corrected chi connectivity index (χ3v) is 7.99. The van der Waals surface area contributed by atoms with Gasteiger partial charge in [0, 0.05) is 38.7 Å². The van der Waals surface area contributed by atoms with Gasteiger partial charge in [-0.3, -0.25) is 0 Å². The summed E-state index contributed by atoms with van der Waals surface area (Å²) in [5.74, 6) is 0. The highest BCUT2D eigenvalue weighted by molar-refractivity contribution is 7.13. The van der Waals surface area contributed by atoms with E-state index in [9.17, 15) is 0 Å². The molecule has 1 unspecified atom stereocenters. The maximum absolute atomic E-state index is 8.91. The topological polar surface area (TPSA) is 122 Å². The Bertz CT molecular complexity index is 1980. The van der Waals surface area contributed by atoms with Gasteiger partial charge in [-0.25, -0.2) is 4.98 Å². The molecule has 1 atom stereocenters. The zero-order valence-electron chi connectivity index (χ0n) is 24.3. The highest BCUT2D eigenvalue weighted by Gasteiger charge is 2.10. The Morgan fingerprint density at radius 3 is 1.75 bits per heavy atom. The summed E-state index contributed by atoms with van der Waals surface area (Å²) in [4.78, 5) is 4.07. The van der Waals surface area contributed by atoms with E-state index in [1.54, 1.807) is 5.38 Å². The molecule has 0 radical (unpaired) electrons. The smallest absolute Gasteiger partial charge is 0.231 e. The normalized spacial score (nSPS) is 11.8. The molecule has 1 aromatic heterocycles. The molecule has 0 aliphatic carbocycles. The minimum Gasteiger partial charge on any atom is -0.382 e. The van der Waals surface area contributed by atoms with Crippen LogP contribution in [0, 0.1) is 11.3 Å². The second-order valence-electron chi connectivity index (χ2n) is 10.2. The van der Waals surface area contributed by atoms with Gasteiger partial charge in [0.25, 0.3) is 0 Å². The lowest BCUT2D eigenvalue weighted by Gasteiger charge is -2.19. The largest absolute Gasteiger partial charge is 0.382 e. The molecule has 10 heteroatoms. The summed E-state index contributed by atoms with van der Waals surface area (Å²) in [6.07, 6.45) is 1.06. The molecule has 6 rings (SSSR count). The number of benzene rings is 5. The fourth-order valence-corrected chi connectivity index (χ4v) is 5.33. The van der Waals surface area contributed by atoms with Crippen LogP contribution in [-0.4, -0.2) is 11.0 Å². The van der Waals surface area contributed by atoms with Crippen molar-refractivity contribution in [3.8, 4) is 6.07 Å². The summed E-state index contributed by atoms with van der Waals surface area (Å²) in [5, 5.41) is 27.4. The van der Waals surface area contributed by atoms with Crippen LogP contribution in [0.15, 0.2) is 113 Å². The number of hydrogen-bond donors (Lipinski definition) is 5. The predicted octanol–water partition coefficient (Wildman–Crippen LogP) is 9.82. The molecule has 218 valence electrons. The molecule has 0 fully saturated rings. The fraction of sp³-hybridized carbons (Fsp3) is 0.118. The van der Waals surface area contributed by atoms with Crippen LogP contribution in [0.1, 0.15) is 26.0 Å². The van der Waals surface area contributed by atoms with E-state index in [-0.39, 0.29) is 0 Å². The number of nitriles is 1. The lowest BCUT2D eigenvalue weighted by atomic mass is 10.1. The number of rotatable bonds is 11. The van der Waals surface area contributed by atoms with Gasteiger partial charge in [0.1, 0.15) is 6.07 Å². The van der Waals surface area contributed by atoms with Gasteiger partial charge in [-0.2, -0.15) is 5.26 Å². The van der Waals surface area contributed by atoms with Crippen LogP contribution in [0.4, 0.5) is 39.3 Å². The summed E-state index contributed by atoms with van der Waals surface area (Å²) < 4.78 is 0. The Balaban J connectivity index is 1.15. The Kier molecular flexibility index (Phi) is 8.48. The van der Waals surface area contributed by atoms with Crippen LogP contribution in [0.2, 0.25) is 0 Å². The highest BCUT2D eigenvalue weighted by atomic mass is 32.1. The molecule has 0 aliphatic rings. The number of hydrazine groups is 2. The highest BCUT2D eigenvalue weighted by Crippen LogP contribution is 2.33. The van der Waals surface area contributed by atoms with Crippen molar-refractivity contribution >= 4 is 72.1 Å². The summed E-state index contributed by atoms with van der Waals surface area (Å²) >= 11 is 1.28. The third-order valence-electron chi connectivity index (χ3n) is 7.26. The molecule has 1 heterocycles. The Morgan fingerprint density at radius 1 is 0.705 bits per heavy atom. The first-order chi connectivity index (χ1) is 21.6. The number of aromatic nitrogens is 1. The second kappa shape index (κ2) is 13.1. The summed E-state index contributed by atoms with van der Waals surface area (Å²) in [6.45, 7) is 4.39. The molecule has 5 N–H and O–H groups in total. The predicted molar refractivity (Wildman–Crippen MR) is 183 cm³/mol. The van der Waals surface area contributed by atoms with Crippen molar-refractivity contribution in [3.05, 3.63) is 108 Å². The van der Waals surface area contributed by atoms with Crippen LogP contribution in [0.3, 0.4) is 0 Å². The average Bonchev–Trinajstić information content (AvgIpc) is 3.55. The number of nitrogens with one attached hydrogen (secondary N) is 5. The standard InChI is InChI=1S/C34H31N9S/c1-3-22(2)36-30-16-17-32(27-9-5-4-8-26(27)30)41-42-33-19-18-31(28-10-6-7-11-29(28)33)40-38-23-12-14-24(15-13-23)39-43-34-37-25(20-35)21-44-34/h4-19,21-22,36,38,40-42H,3H2,1-2H3/b43-39+. The third kappa shape index (κ3) is 6.38. The maximum atomic E-state index is 8.91. The van der Waals surface area contributed by atoms with Crippen molar-refractivity contribution in [3.63, 3.8) is 0 Å². The van der Waals surface area contributed by atoms with Crippen molar-refractivity contribution < 1.29 is 0 Å². The van der Waals surface area contributed by atoms with Gasteiger partial charge in [-0.1, -0.05) is 55.5 Å². The van der Waals surface area contributed by atoms with Crippen molar-refractivity contribution in [2.45, 2.75) is 26.3 Å². The monoisotopic (exact) mass is 597 g/mol. The molecule has 44 heavy (non-hydrogen) atoms. The molecule has 0 spiro atoms. The minimum absolute atomic E-state index is 0.343. The van der Waals surface area contributed by atoms with Gasteiger partial charge in [-0.05, 0) is 61.9 Å². The van der Waals surface area contributed by atoms with E-state index in [0.29, 0.717) is 22.6 Å². The first-order valence-corrected chi connectivity index (χ1v) is 15.2. The van der Waals surface area contributed by atoms with Gasteiger partial charge in [0.05, 0.1) is 28.4 Å². The van der Waals surface area contributed by atoms with Crippen LogP contribution in [0.5, 0.6) is 0 Å². The van der Waals surface area contributed by atoms with E-state index < -0.39 is 0 Å². The van der Waals surface area contributed by atoms with Crippen LogP contribution < -0.4 is 27.0 Å². The number of fused-ring (bicyclic) bond motifs is 2. The number of azo groups is 1. The molecular formula is C34H31N9S. The minimum atomic E-state index is 0.343. The number of thiazole rings is 1. The SMILES string of the molecule is CCC(C)Nc1ccc(NNc2ccc(NNc3ccc(/N=N/c4nc(C#N)cs4)cc3)c3ccccc23)c2ccccc12. The van der Waals surface area contributed by atoms with E-state index in [1.807, 2.05) is 48.5 Å². The molecule has 5 aromatic carbocycles. The maximum Gasteiger partial charge on any atom is 0.231 e. The first-order valence-electron chi connectivity index (χ1n) is 14.3. The van der Waals surface area contributed by atoms with E-state index in [0.717, 1.165) is 51.0 Å². The molecule has 0 saturated carbocycles. The number of hydrogen-bond acceptors (Lipinski definition) is 10. The van der Waals surface area contributed by atoms with Crippen LogP contribution in [0.25, 0.3) is 21.5 Å². The fourth-order valence-electron chi connectivity index (χ4n) is 4.77. The molecule has 9 nitrogen and oxygen atoms in total. The Labute approximate surface area is 259 Å². The summed E-state index contributed by atoms with van der Waals surface area (Å²) in [5.41, 5.74) is 19.5. The van der Waals surface area contributed by atoms with Crippen molar-refractivity contribution in [1.82, 2.24) is 4.98 Å². The first kappa shape index (κ1) is 28.5. The Hall–Kier alpha value is -5.66. The Morgan fingerprint density at radius 2 is 1.23 bits per heavy atom. The van der Waals surface area contributed by atoms with Crippen molar-refractivity contribution in [1.29, 1.82) is 5.26 Å². The molecule has 6 aromatic rings. The van der Waals surface area contributed by atoms with Gasteiger partial charge in [0.2, 0.25) is 5.13 Å². The van der Waals surface area contributed by atoms with E-state index in [2.05, 4.69) is 111 Å². The lowest BCUT2D eigenvalue weighted by molar-refractivity contribution is 0.765. The van der Waals surface area contributed by atoms with E-state index >= 15 is 0 Å². The van der Waals surface area contributed by atoms with Crippen LogP contribution >= 0.6 is 11.3 Å². The second-order valence-corrected chi connectivity index (χ2v) is 11.1. The molecule has 0 aliphatic heterocycles. The van der Waals surface area contributed by atoms with Crippen LogP contribution in [-0.2, 0) is 0 Å². The molecular weight excluding hydrogens is 567 g/mol. The van der Waals surface area contributed by atoms with Crippen molar-refractivity contribution in [2.75, 3.05) is 27.0 Å². The van der Waals surface area contributed by atoms with Gasteiger partial charge in [0.15, 0.2) is 5.69 Å². The number of anilines is 5. The summed E-state index contributed by atoms with van der Waals surface area (Å²) in [7, 11) is 0. The van der Waals surface area contributed by atoms with E-state index in [1.165, 1.54) is 16.7 Å². The van der Waals surface area contributed by atoms with Gasteiger partial charge in [-0.15, -0.1) is 21.6 Å². The zero-order valence-corrected chi connectivity index (χ0v) is 25.1. The van der Waals surface area contributed by atoms with E-state index in [4.69, 9.17) is 5.26 Å². The molecule has 0 bridgehead atoms. The summed E-state index contributed by atoms with van der Waals surface area (Å²) in [6, 6.07) is 35.0. The average molecular weight is 598 g/mol. The number of nitrogens with zero attached hydrogens (tertiary/aromatic N) is 4. The van der Waals surface area contributed by atoms with Gasteiger partial charge >= 0.3 is 0 Å².